The number of esters is 1. The standard InChI is InChI=1S/C15H19ClFN3O4S/c1-8(13(21)19-11-4-3-9(16)7-10(11)17)24-14(22)12(5-6-25-2)20-15(18)23/h3-4,7-8,12H,5-6H2,1-2H3,(H,19,21)(H3,18,20,23)/t8-,12+/m0/s1. The summed E-state index contributed by atoms with van der Waals surface area (Å²) in [6.07, 6.45) is 0.931. The second kappa shape index (κ2) is 10.1. The third kappa shape index (κ3) is 7.18. The Morgan fingerprint density at radius 3 is 2.64 bits per heavy atom. The normalized spacial score (nSPS) is 12.8. The summed E-state index contributed by atoms with van der Waals surface area (Å²) in [4.78, 5) is 35.1. The maximum Gasteiger partial charge on any atom is 0.329 e. The van der Waals surface area contributed by atoms with Gasteiger partial charge in [0, 0.05) is 5.02 Å². The summed E-state index contributed by atoms with van der Waals surface area (Å²) in [6.45, 7) is 1.33. The number of thioether (sulfide) groups is 1. The van der Waals surface area contributed by atoms with E-state index in [4.69, 9.17) is 22.1 Å². The van der Waals surface area contributed by atoms with E-state index in [0.29, 0.717) is 12.2 Å². The van der Waals surface area contributed by atoms with Crippen LogP contribution >= 0.6 is 23.4 Å². The molecule has 0 aliphatic rings. The minimum Gasteiger partial charge on any atom is -0.451 e. The number of halogens is 2. The summed E-state index contributed by atoms with van der Waals surface area (Å²) in [5.41, 5.74) is 4.94. The molecule has 2 atom stereocenters. The van der Waals surface area contributed by atoms with Gasteiger partial charge in [0.05, 0.1) is 5.69 Å². The molecule has 0 radical (unpaired) electrons. The predicted molar refractivity (Wildman–Crippen MR) is 95.1 cm³/mol. The van der Waals surface area contributed by atoms with E-state index in [0.717, 1.165) is 6.07 Å². The van der Waals surface area contributed by atoms with E-state index < -0.39 is 35.9 Å². The molecular weight excluding hydrogens is 373 g/mol. The molecule has 0 saturated carbocycles. The van der Waals surface area contributed by atoms with E-state index in [1.54, 1.807) is 0 Å². The third-order valence-electron chi connectivity index (χ3n) is 3.06. The van der Waals surface area contributed by atoms with Crippen molar-refractivity contribution in [3.63, 3.8) is 0 Å². The fraction of sp³-hybridized carbons (Fsp3) is 0.400. The highest BCUT2D eigenvalue weighted by molar-refractivity contribution is 7.98. The number of nitrogens with one attached hydrogen (secondary N) is 2. The molecule has 7 nitrogen and oxygen atoms in total. The minimum atomic E-state index is -1.20. The van der Waals surface area contributed by atoms with Crippen LogP contribution in [0.15, 0.2) is 18.2 Å². The van der Waals surface area contributed by atoms with Crippen molar-refractivity contribution < 1.29 is 23.5 Å². The van der Waals surface area contributed by atoms with Crippen LogP contribution in [-0.4, -0.2) is 42.1 Å². The van der Waals surface area contributed by atoms with Crippen molar-refractivity contribution in [3.8, 4) is 0 Å². The fourth-order valence-electron chi connectivity index (χ4n) is 1.79. The van der Waals surface area contributed by atoms with Crippen molar-refractivity contribution in [1.29, 1.82) is 0 Å². The van der Waals surface area contributed by atoms with Gasteiger partial charge in [0.1, 0.15) is 11.9 Å². The van der Waals surface area contributed by atoms with Crippen LogP contribution in [0, 0.1) is 5.82 Å². The molecule has 1 rings (SSSR count). The number of nitrogens with two attached hydrogens (primary N) is 1. The lowest BCUT2D eigenvalue weighted by molar-refractivity contribution is -0.155. The van der Waals surface area contributed by atoms with E-state index in [1.165, 1.54) is 30.8 Å². The first-order valence-electron chi connectivity index (χ1n) is 7.26. The van der Waals surface area contributed by atoms with Crippen LogP contribution in [0.2, 0.25) is 5.02 Å². The zero-order chi connectivity index (χ0) is 19.0. The molecule has 0 bridgehead atoms. The van der Waals surface area contributed by atoms with Gasteiger partial charge in [-0.3, -0.25) is 4.79 Å². The van der Waals surface area contributed by atoms with E-state index in [1.807, 2.05) is 6.26 Å². The number of carbonyl (C=O) groups excluding carboxylic acids is 3. The lowest BCUT2D eigenvalue weighted by Gasteiger charge is -2.19. The van der Waals surface area contributed by atoms with Crippen molar-refractivity contribution in [2.75, 3.05) is 17.3 Å². The maximum atomic E-state index is 13.7. The first-order valence-corrected chi connectivity index (χ1v) is 9.03. The zero-order valence-corrected chi connectivity index (χ0v) is 15.2. The second-order valence-corrected chi connectivity index (χ2v) is 6.46. The summed E-state index contributed by atoms with van der Waals surface area (Å²) < 4.78 is 18.7. The number of primary amides is 1. The predicted octanol–water partition coefficient (Wildman–Crippen LogP) is 2.14. The highest BCUT2D eigenvalue weighted by Gasteiger charge is 2.26. The highest BCUT2D eigenvalue weighted by atomic mass is 35.5. The number of hydrogen-bond donors (Lipinski definition) is 3. The Labute approximate surface area is 153 Å². The molecule has 0 aliphatic heterocycles. The lowest BCUT2D eigenvalue weighted by atomic mass is 10.2. The number of ether oxygens (including phenoxy) is 1. The molecule has 0 fully saturated rings. The second-order valence-electron chi connectivity index (χ2n) is 5.04. The van der Waals surface area contributed by atoms with E-state index >= 15 is 0 Å². The van der Waals surface area contributed by atoms with Gasteiger partial charge in [0.2, 0.25) is 0 Å². The van der Waals surface area contributed by atoms with Gasteiger partial charge >= 0.3 is 12.0 Å². The molecule has 0 aliphatic carbocycles. The number of benzene rings is 1. The number of amides is 3. The zero-order valence-electron chi connectivity index (χ0n) is 13.7. The first kappa shape index (κ1) is 21.0. The molecule has 138 valence electrons. The summed E-state index contributed by atoms with van der Waals surface area (Å²) in [5, 5.41) is 4.75. The van der Waals surface area contributed by atoms with E-state index in [9.17, 15) is 18.8 Å². The van der Waals surface area contributed by atoms with Crippen molar-refractivity contribution >= 4 is 47.0 Å². The molecule has 25 heavy (non-hydrogen) atoms. The van der Waals surface area contributed by atoms with Gasteiger partial charge in [-0.05, 0) is 43.6 Å². The number of carbonyl (C=O) groups is 3. The van der Waals surface area contributed by atoms with Gasteiger partial charge < -0.3 is 21.1 Å². The van der Waals surface area contributed by atoms with Crippen molar-refractivity contribution in [3.05, 3.63) is 29.0 Å². The van der Waals surface area contributed by atoms with E-state index in [-0.39, 0.29) is 10.7 Å². The Kier molecular flexibility index (Phi) is 8.50. The van der Waals surface area contributed by atoms with Crippen molar-refractivity contribution in [1.82, 2.24) is 5.32 Å². The molecule has 4 N–H and O–H groups in total. The number of anilines is 1. The molecule has 10 heteroatoms. The van der Waals surface area contributed by atoms with Crippen LogP contribution < -0.4 is 16.4 Å². The molecular formula is C15H19ClFN3O4S. The highest BCUT2D eigenvalue weighted by Crippen LogP contribution is 2.19. The molecule has 0 saturated heterocycles. The maximum absolute atomic E-state index is 13.7. The summed E-state index contributed by atoms with van der Waals surface area (Å²) in [6, 6.07) is 1.91. The molecule has 0 aromatic heterocycles. The van der Waals surface area contributed by atoms with Crippen molar-refractivity contribution in [2.24, 2.45) is 5.73 Å². The number of rotatable bonds is 8. The summed E-state index contributed by atoms with van der Waals surface area (Å²) >= 11 is 7.11. The van der Waals surface area contributed by atoms with Gasteiger partial charge in [0.25, 0.3) is 5.91 Å². The molecule has 1 aromatic carbocycles. The largest absolute Gasteiger partial charge is 0.451 e. The quantitative estimate of drug-likeness (QED) is 0.588. The van der Waals surface area contributed by atoms with Gasteiger partial charge in [-0.2, -0.15) is 11.8 Å². The summed E-state index contributed by atoms with van der Waals surface area (Å²) in [7, 11) is 0. The minimum absolute atomic E-state index is 0.0912. The molecule has 0 heterocycles. The van der Waals surface area contributed by atoms with Crippen LogP contribution in [0.3, 0.4) is 0 Å². The summed E-state index contributed by atoms with van der Waals surface area (Å²) in [5.74, 6) is -1.66. The smallest absolute Gasteiger partial charge is 0.329 e. The molecule has 3 amide bonds. The Morgan fingerprint density at radius 1 is 1.40 bits per heavy atom. The molecule has 1 aromatic rings. The van der Waals surface area contributed by atoms with Crippen LogP contribution in [0.1, 0.15) is 13.3 Å². The van der Waals surface area contributed by atoms with E-state index in [2.05, 4.69) is 10.6 Å². The average Bonchev–Trinajstić information content (AvgIpc) is 2.53. The fourth-order valence-corrected chi connectivity index (χ4v) is 2.42. The van der Waals surface area contributed by atoms with Crippen LogP contribution in [-0.2, 0) is 14.3 Å². The topological polar surface area (TPSA) is 111 Å². The molecule has 0 unspecified atom stereocenters. The van der Waals surface area contributed by atoms with Crippen LogP contribution in [0.25, 0.3) is 0 Å². The SMILES string of the molecule is CSCC[C@@H](NC(N)=O)C(=O)O[C@@H](C)C(=O)Nc1ccc(Cl)cc1F. The Hall–Kier alpha value is -2.00. The van der Waals surface area contributed by atoms with Crippen molar-refractivity contribution in [2.45, 2.75) is 25.5 Å². The Bertz CT molecular complexity index is 647. The molecule has 0 spiro atoms. The third-order valence-corrected chi connectivity index (χ3v) is 3.94. The van der Waals surface area contributed by atoms with Crippen LogP contribution in [0.5, 0.6) is 0 Å². The lowest BCUT2D eigenvalue weighted by Crippen LogP contribution is -2.46. The van der Waals surface area contributed by atoms with Gasteiger partial charge in [-0.15, -0.1) is 0 Å². The van der Waals surface area contributed by atoms with Gasteiger partial charge in [-0.1, -0.05) is 11.6 Å². The average molecular weight is 392 g/mol. The number of urea groups is 1. The van der Waals surface area contributed by atoms with Gasteiger partial charge in [0.15, 0.2) is 6.10 Å². The Morgan fingerprint density at radius 2 is 2.08 bits per heavy atom. The number of hydrogen-bond acceptors (Lipinski definition) is 5. The van der Waals surface area contributed by atoms with Crippen LogP contribution in [0.4, 0.5) is 14.9 Å². The monoisotopic (exact) mass is 391 g/mol. The Balaban J connectivity index is 2.67. The van der Waals surface area contributed by atoms with Gasteiger partial charge in [-0.25, -0.2) is 14.0 Å². The first-order chi connectivity index (χ1) is 11.7.